The van der Waals surface area contributed by atoms with Crippen molar-refractivity contribution in [3.8, 4) is 0 Å². The molecule has 21 heavy (non-hydrogen) atoms. The van der Waals surface area contributed by atoms with Gasteiger partial charge >= 0.3 is 0 Å². The van der Waals surface area contributed by atoms with E-state index in [9.17, 15) is 9.59 Å². The molecule has 1 N–H and O–H groups in total. The first-order chi connectivity index (χ1) is 10.1. The minimum absolute atomic E-state index is 0.0287. The van der Waals surface area contributed by atoms with Crippen molar-refractivity contribution in [1.29, 1.82) is 0 Å². The first-order valence-corrected chi connectivity index (χ1v) is 7.31. The zero-order valence-corrected chi connectivity index (χ0v) is 13.0. The number of nitrogens with zero attached hydrogens (tertiary/aromatic N) is 1. The standard InChI is InChI=1S/C16H13BrN2O2/c1-10-6-13(17)16(21)19(8-10)9-15(20)12-7-18-14-5-3-2-4-11(12)14/h2-8,18H,9H2,1H3. The van der Waals surface area contributed by atoms with E-state index in [1.54, 1.807) is 18.5 Å². The number of rotatable bonds is 3. The Hall–Kier alpha value is -2.14. The number of benzene rings is 1. The molecule has 0 amide bonds. The summed E-state index contributed by atoms with van der Waals surface area (Å²) < 4.78 is 1.90. The lowest BCUT2D eigenvalue weighted by Crippen LogP contribution is -2.24. The number of Topliss-reactive ketones (excluding diaryl/α,β-unsaturated/α-hetero) is 1. The van der Waals surface area contributed by atoms with Crippen LogP contribution in [0, 0.1) is 6.92 Å². The second kappa shape index (κ2) is 5.33. The van der Waals surface area contributed by atoms with Crippen molar-refractivity contribution in [3.63, 3.8) is 0 Å². The topological polar surface area (TPSA) is 54.9 Å². The second-order valence-electron chi connectivity index (χ2n) is 4.97. The lowest BCUT2D eigenvalue weighted by Gasteiger charge is -2.06. The van der Waals surface area contributed by atoms with Crippen LogP contribution in [-0.4, -0.2) is 15.3 Å². The molecule has 3 aromatic rings. The Morgan fingerprint density at radius 1 is 1.33 bits per heavy atom. The molecule has 0 aliphatic carbocycles. The summed E-state index contributed by atoms with van der Waals surface area (Å²) in [5.41, 5.74) is 2.25. The van der Waals surface area contributed by atoms with Gasteiger partial charge in [0.05, 0.1) is 11.0 Å². The molecule has 1 aromatic carbocycles. The van der Waals surface area contributed by atoms with E-state index in [1.165, 1.54) is 4.57 Å². The van der Waals surface area contributed by atoms with Crippen molar-refractivity contribution in [2.45, 2.75) is 13.5 Å². The zero-order chi connectivity index (χ0) is 15.0. The highest BCUT2D eigenvalue weighted by Gasteiger charge is 2.13. The summed E-state index contributed by atoms with van der Waals surface area (Å²) in [6, 6.07) is 9.36. The fraction of sp³-hybridized carbons (Fsp3) is 0.125. The van der Waals surface area contributed by atoms with Crippen LogP contribution in [0.2, 0.25) is 0 Å². The van der Waals surface area contributed by atoms with E-state index >= 15 is 0 Å². The van der Waals surface area contributed by atoms with Crippen LogP contribution >= 0.6 is 15.9 Å². The molecule has 0 fully saturated rings. The van der Waals surface area contributed by atoms with Crippen LogP contribution in [0.1, 0.15) is 15.9 Å². The fourth-order valence-corrected chi connectivity index (χ4v) is 2.99. The fourth-order valence-electron chi connectivity index (χ4n) is 2.40. The van der Waals surface area contributed by atoms with Gasteiger partial charge in [-0.3, -0.25) is 9.59 Å². The van der Waals surface area contributed by atoms with E-state index in [2.05, 4.69) is 20.9 Å². The normalized spacial score (nSPS) is 11.0. The van der Waals surface area contributed by atoms with Gasteiger partial charge in [0, 0.05) is 28.9 Å². The molecular formula is C16H13BrN2O2. The van der Waals surface area contributed by atoms with E-state index in [-0.39, 0.29) is 17.9 Å². The number of aromatic nitrogens is 2. The van der Waals surface area contributed by atoms with Gasteiger partial charge in [0.15, 0.2) is 5.78 Å². The number of fused-ring (bicyclic) bond motifs is 1. The van der Waals surface area contributed by atoms with Crippen LogP contribution in [-0.2, 0) is 6.54 Å². The third-order valence-electron chi connectivity index (χ3n) is 3.38. The third kappa shape index (κ3) is 2.56. The molecule has 4 nitrogen and oxygen atoms in total. The average molecular weight is 345 g/mol. The van der Waals surface area contributed by atoms with Crippen LogP contribution in [0.4, 0.5) is 0 Å². The van der Waals surface area contributed by atoms with Crippen molar-refractivity contribution in [3.05, 3.63) is 68.7 Å². The predicted molar refractivity (Wildman–Crippen MR) is 85.8 cm³/mol. The molecule has 0 unspecified atom stereocenters. The SMILES string of the molecule is Cc1cc(Br)c(=O)n(CC(=O)c2c[nH]c3ccccc23)c1. The summed E-state index contributed by atoms with van der Waals surface area (Å²) >= 11 is 3.22. The van der Waals surface area contributed by atoms with Gasteiger partial charge < -0.3 is 9.55 Å². The van der Waals surface area contributed by atoms with E-state index in [4.69, 9.17) is 0 Å². The minimum Gasteiger partial charge on any atom is -0.360 e. The van der Waals surface area contributed by atoms with Gasteiger partial charge in [0.25, 0.3) is 5.56 Å². The maximum absolute atomic E-state index is 12.5. The largest absolute Gasteiger partial charge is 0.360 e. The molecule has 0 bridgehead atoms. The number of H-pyrrole nitrogens is 1. The number of carbonyl (C=O) groups is 1. The van der Waals surface area contributed by atoms with Crippen molar-refractivity contribution in [2.75, 3.05) is 0 Å². The summed E-state index contributed by atoms with van der Waals surface area (Å²) in [7, 11) is 0. The smallest absolute Gasteiger partial charge is 0.265 e. The number of carbonyl (C=O) groups excluding carboxylic acids is 1. The van der Waals surface area contributed by atoms with E-state index in [0.717, 1.165) is 16.5 Å². The van der Waals surface area contributed by atoms with Gasteiger partial charge in [-0.2, -0.15) is 0 Å². The van der Waals surface area contributed by atoms with E-state index in [0.29, 0.717) is 10.0 Å². The number of aromatic amines is 1. The second-order valence-corrected chi connectivity index (χ2v) is 5.82. The Morgan fingerprint density at radius 2 is 2.10 bits per heavy atom. The molecule has 2 aromatic heterocycles. The quantitative estimate of drug-likeness (QED) is 0.741. The Balaban J connectivity index is 1.99. The summed E-state index contributed by atoms with van der Waals surface area (Å²) in [4.78, 5) is 27.6. The van der Waals surface area contributed by atoms with Crippen LogP contribution in [0.5, 0.6) is 0 Å². The zero-order valence-electron chi connectivity index (χ0n) is 11.4. The maximum atomic E-state index is 12.5. The molecule has 0 spiro atoms. The van der Waals surface area contributed by atoms with Crippen LogP contribution < -0.4 is 5.56 Å². The van der Waals surface area contributed by atoms with Gasteiger partial charge in [0.1, 0.15) is 0 Å². The van der Waals surface area contributed by atoms with Gasteiger partial charge in [-0.1, -0.05) is 18.2 Å². The van der Waals surface area contributed by atoms with Gasteiger partial charge in [-0.15, -0.1) is 0 Å². The van der Waals surface area contributed by atoms with Crippen molar-refractivity contribution in [1.82, 2.24) is 9.55 Å². The summed E-state index contributed by atoms with van der Waals surface area (Å²) in [5.74, 6) is -0.0907. The van der Waals surface area contributed by atoms with Gasteiger partial charge in [0.2, 0.25) is 0 Å². The Bertz CT molecular complexity index is 893. The van der Waals surface area contributed by atoms with Crippen LogP contribution in [0.3, 0.4) is 0 Å². The van der Waals surface area contributed by atoms with Crippen molar-refractivity contribution in [2.24, 2.45) is 0 Å². The van der Waals surface area contributed by atoms with Crippen molar-refractivity contribution >= 4 is 32.6 Å². The lowest BCUT2D eigenvalue weighted by atomic mass is 10.1. The van der Waals surface area contributed by atoms with E-state index < -0.39 is 0 Å². The monoisotopic (exact) mass is 344 g/mol. The highest BCUT2D eigenvalue weighted by atomic mass is 79.9. The molecule has 0 aliphatic heterocycles. The summed E-state index contributed by atoms with van der Waals surface area (Å²) in [5, 5.41) is 0.877. The Morgan fingerprint density at radius 3 is 2.90 bits per heavy atom. The molecule has 0 saturated heterocycles. The number of aryl methyl sites for hydroxylation is 1. The third-order valence-corrected chi connectivity index (χ3v) is 3.95. The average Bonchev–Trinajstić information content (AvgIpc) is 2.88. The molecular weight excluding hydrogens is 332 g/mol. The molecule has 106 valence electrons. The minimum atomic E-state index is -0.200. The molecule has 3 rings (SSSR count). The summed E-state index contributed by atoms with van der Waals surface area (Å²) in [6.07, 6.45) is 3.39. The number of para-hydroxylation sites is 1. The van der Waals surface area contributed by atoms with Crippen LogP contribution in [0.25, 0.3) is 10.9 Å². The van der Waals surface area contributed by atoms with Crippen molar-refractivity contribution < 1.29 is 4.79 Å². The molecule has 2 heterocycles. The molecule has 0 atom stereocenters. The van der Waals surface area contributed by atoms with Gasteiger partial charge in [-0.25, -0.2) is 0 Å². The number of pyridine rings is 1. The number of hydrogen-bond acceptors (Lipinski definition) is 2. The predicted octanol–water partition coefficient (Wildman–Crippen LogP) is 3.28. The first-order valence-electron chi connectivity index (χ1n) is 6.52. The molecule has 5 heteroatoms. The number of halogens is 1. The highest BCUT2D eigenvalue weighted by Crippen LogP contribution is 2.18. The highest BCUT2D eigenvalue weighted by molar-refractivity contribution is 9.10. The van der Waals surface area contributed by atoms with E-state index in [1.807, 2.05) is 31.2 Å². The van der Waals surface area contributed by atoms with Crippen LogP contribution in [0.15, 0.2) is 52.0 Å². The Labute approximate surface area is 129 Å². The molecule has 0 aliphatic rings. The summed E-state index contributed by atoms with van der Waals surface area (Å²) in [6.45, 7) is 1.91. The van der Waals surface area contributed by atoms with Gasteiger partial charge in [-0.05, 0) is 40.5 Å². The maximum Gasteiger partial charge on any atom is 0.265 e. The molecule has 0 saturated carbocycles. The lowest BCUT2D eigenvalue weighted by molar-refractivity contribution is 0.0972. The number of hydrogen-bond donors (Lipinski definition) is 1. The molecule has 0 radical (unpaired) electrons. The Kier molecular flexibility index (Phi) is 3.51. The number of nitrogens with one attached hydrogen (secondary N) is 1. The number of ketones is 1. The first kappa shape index (κ1) is 13.8.